The van der Waals surface area contributed by atoms with Crippen molar-refractivity contribution < 1.29 is 25.8 Å². The van der Waals surface area contributed by atoms with Gasteiger partial charge in [0.1, 0.15) is 0 Å². The molecule has 8 heteroatoms. The Labute approximate surface area is 70.5 Å². The summed E-state index contributed by atoms with van der Waals surface area (Å²) in [5.41, 5.74) is 0. The van der Waals surface area contributed by atoms with E-state index < -0.39 is 0 Å². The summed E-state index contributed by atoms with van der Waals surface area (Å²) in [5, 5.41) is 0. The second-order valence-electron chi connectivity index (χ2n) is 0.0583. The zero-order valence-electron chi connectivity index (χ0n) is 4.37. The minimum absolute atomic E-state index is 0. The molecule has 0 radical (unpaired) electrons. The molecular formula is H12Cl3CrN4. The average molecular weight is 226 g/mol. The van der Waals surface area contributed by atoms with Crippen LogP contribution in [0, 0.1) is 0 Å². The third-order valence-corrected chi connectivity index (χ3v) is 0. The molecule has 0 spiro atoms. The molecule has 59 valence electrons. The van der Waals surface area contributed by atoms with Gasteiger partial charge < -0.3 is 37.0 Å². The van der Waals surface area contributed by atoms with Crippen LogP contribution in [0.3, 0.4) is 0 Å². The molecule has 0 heterocycles. The van der Waals surface area contributed by atoms with Crippen LogP contribution in [0.4, 0.5) is 0 Å². The third kappa shape index (κ3) is 183. The van der Waals surface area contributed by atoms with E-state index in [0.29, 0.717) is 0 Å². The van der Waals surface area contributed by atoms with E-state index in [4.69, 9.17) is 20.1 Å². The van der Waals surface area contributed by atoms with Crippen molar-refractivity contribution >= 4 is 20.1 Å². The standard InChI is InChI=1S/3ClH.Cr.4H3N/h3*1H;;4*1H3/q;;;+3;;;;/p-3. The first kappa shape index (κ1) is 59.7. The molecule has 12 N–H and O–H groups in total. The van der Waals surface area contributed by atoms with Crippen molar-refractivity contribution in [2.24, 2.45) is 0 Å². The van der Waals surface area contributed by atoms with Crippen LogP contribution in [0.2, 0.25) is 0 Å². The van der Waals surface area contributed by atoms with Gasteiger partial charge in [0.15, 0.2) is 0 Å². The summed E-state index contributed by atoms with van der Waals surface area (Å²) in [7, 11) is 9.65. The first-order valence-corrected chi connectivity index (χ1v) is 3.82. The van der Waals surface area contributed by atoms with Crippen LogP contribution in [0.5, 0.6) is 0 Å². The zero-order chi connectivity index (χ0) is 2.71. The maximum atomic E-state index is 4.83. The molecule has 0 aliphatic heterocycles. The van der Waals surface area contributed by atoms with Gasteiger partial charge in [-0.2, -0.15) is 0 Å². The summed E-state index contributed by atoms with van der Waals surface area (Å²) in [6.07, 6.45) is 0. The summed E-state index contributed by atoms with van der Waals surface area (Å²) < 4.78 is 0. The van der Waals surface area contributed by atoms with Crippen LogP contribution < -0.4 is 37.0 Å². The molecule has 0 rings (SSSR count). The predicted octanol–water partition coefficient (Wildman–Crippen LogP) is -0.972. The monoisotopic (exact) mass is 225 g/mol. The van der Waals surface area contributed by atoms with Crippen molar-refractivity contribution in [2.75, 3.05) is 0 Å². The second-order valence-corrected chi connectivity index (χ2v) is 2.16. The van der Waals surface area contributed by atoms with Crippen molar-refractivity contribution in [2.45, 2.75) is 0 Å². The Morgan fingerprint density at radius 1 is 0.750 bits per heavy atom. The second kappa shape index (κ2) is 86.0. The van der Waals surface area contributed by atoms with Crippen LogP contribution in [0.1, 0.15) is 0 Å². The summed E-state index contributed by atoms with van der Waals surface area (Å²) in [6.45, 7) is 0. The van der Waals surface area contributed by atoms with Gasteiger partial charge in [-0.25, -0.2) is 0 Å². The molecule has 0 atom stereocenters. The summed E-state index contributed by atoms with van der Waals surface area (Å²) in [6, 6.07) is 0. The number of hydrogen-bond acceptors (Lipinski definition) is 4. The fourth-order valence-electron chi connectivity index (χ4n) is 0. The summed E-state index contributed by atoms with van der Waals surface area (Å²) >= 11 is -0.181. The minimum atomic E-state index is -0.181. The van der Waals surface area contributed by atoms with Gasteiger partial charge in [0.25, 0.3) is 0 Å². The van der Waals surface area contributed by atoms with E-state index in [0.717, 1.165) is 0 Å². The fraction of sp³-hybridized carbons (Fsp3) is 0. The van der Waals surface area contributed by atoms with Crippen LogP contribution in [0.25, 0.3) is 0 Å². The van der Waals surface area contributed by atoms with E-state index in [1.807, 2.05) is 0 Å². The average Bonchev–Trinajstić information content (AvgIpc) is 0.918. The molecule has 8 heavy (non-hydrogen) atoms. The molecule has 0 bridgehead atoms. The first-order valence-electron chi connectivity index (χ1n) is 0.309. The summed E-state index contributed by atoms with van der Waals surface area (Å²) in [5.74, 6) is 0. The van der Waals surface area contributed by atoms with Crippen LogP contribution in [-0.2, 0) is 13.4 Å². The quantitative estimate of drug-likeness (QED) is 0.422. The van der Waals surface area contributed by atoms with Gasteiger partial charge in [-0.1, -0.05) is 0 Å². The van der Waals surface area contributed by atoms with Gasteiger partial charge in [-0.15, -0.1) is 0 Å². The molecule has 0 unspecified atom stereocenters. The molecule has 0 fully saturated rings. The van der Waals surface area contributed by atoms with Gasteiger partial charge in [-0.05, 0) is 0 Å². The van der Waals surface area contributed by atoms with Crippen molar-refractivity contribution in [3.63, 3.8) is 0 Å². The van der Waals surface area contributed by atoms with Crippen molar-refractivity contribution in [3.8, 4) is 0 Å². The van der Waals surface area contributed by atoms with Gasteiger partial charge in [0.05, 0.1) is 0 Å². The van der Waals surface area contributed by atoms with E-state index in [9.17, 15) is 0 Å². The Hall–Kier alpha value is 1.24. The van der Waals surface area contributed by atoms with E-state index >= 15 is 0 Å². The Bertz CT molecular complexity index is 11.2. The Balaban J connectivity index is -0.00000000200. The van der Waals surface area contributed by atoms with Crippen molar-refractivity contribution in [1.29, 1.82) is 0 Å². The molecule has 0 aromatic carbocycles. The molecule has 0 saturated heterocycles. The van der Waals surface area contributed by atoms with E-state index in [-0.39, 0.29) is 50.4 Å². The zero-order valence-corrected chi connectivity index (χ0v) is 7.91. The molecule has 0 amide bonds. The molecule has 0 aliphatic carbocycles. The number of hydrogen-bond donors (Lipinski definition) is 4. The van der Waals surface area contributed by atoms with Gasteiger partial charge >= 0.3 is 33.5 Å². The van der Waals surface area contributed by atoms with Gasteiger partial charge in [0.2, 0.25) is 0 Å². The van der Waals surface area contributed by atoms with Crippen molar-refractivity contribution in [3.05, 3.63) is 0 Å². The Morgan fingerprint density at radius 2 is 0.750 bits per heavy atom. The molecule has 0 saturated carbocycles. The van der Waals surface area contributed by atoms with Crippen LogP contribution in [0.15, 0.2) is 0 Å². The SMILES string of the molecule is N.N.N.N.[Cl-].[Cl][Cr+][Cl]. The molecule has 4 nitrogen and oxygen atoms in total. The molecule has 0 aliphatic rings. The number of halogens is 3. The normalized spacial score (nSPS) is 1.75. The van der Waals surface area contributed by atoms with Crippen LogP contribution >= 0.6 is 20.1 Å². The Morgan fingerprint density at radius 3 is 0.750 bits per heavy atom. The first-order chi connectivity index (χ1) is 1.41. The third-order valence-electron chi connectivity index (χ3n) is 0. The van der Waals surface area contributed by atoms with Crippen molar-refractivity contribution in [1.82, 2.24) is 24.6 Å². The fourth-order valence-corrected chi connectivity index (χ4v) is 0. The molecule has 0 aromatic heterocycles. The number of rotatable bonds is 0. The van der Waals surface area contributed by atoms with Gasteiger partial charge in [0, 0.05) is 0 Å². The van der Waals surface area contributed by atoms with E-state index in [1.165, 1.54) is 0 Å². The topological polar surface area (TPSA) is 140 Å². The summed E-state index contributed by atoms with van der Waals surface area (Å²) in [4.78, 5) is 0. The maximum absolute atomic E-state index is 4.83. The molecule has 0 aromatic rings. The Kier molecular flexibility index (Phi) is 642. The molecular weight excluding hydrogens is 214 g/mol. The van der Waals surface area contributed by atoms with Gasteiger partial charge in [-0.3, -0.25) is 0 Å². The predicted molar refractivity (Wildman–Crippen MR) is 31.8 cm³/mol. The van der Waals surface area contributed by atoms with E-state index in [1.54, 1.807) is 0 Å². The van der Waals surface area contributed by atoms with Crippen LogP contribution in [-0.4, -0.2) is 0 Å². The van der Waals surface area contributed by atoms with E-state index in [2.05, 4.69) is 0 Å².